The molecular weight excluding hydrogens is 432 g/mol. The first-order valence-corrected chi connectivity index (χ1v) is 10.2. The molecule has 0 aliphatic carbocycles. The van der Waals surface area contributed by atoms with Crippen molar-refractivity contribution in [2.24, 2.45) is 0 Å². The van der Waals surface area contributed by atoms with Crippen LogP contribution < -0.4 is 0 Å². The van der Waals surface area contributed by atoms with Crippen LogP contribution in [0.15, 0.2) is 108 Å². The Morgan fingerprint density at radius 1 is 0.643 bits per heavy atom. The summed E-state index contributed by atoms with van der Waals surface area (Å²) in [6, 6.07) is 33.1. The molecule has 0 saturated carbocycles. The van der Waals surface area contributed by atoms with Gasteiger partial charge >= 0.3 is 0 Å². The van der Waals surface area contributed by atoms with Crippen molar-refractivity contribution in [3.05, 3.63) is 129 Å². The first-order valence-electron chi connectivity index (χ1n) is 8.99. The average molecular weight is 450 g/mol. The second-order valence-corrected chi connectivity index (χ2v) is 7.94. The maximum Gasteiger partial charge on any atom is 0.141 e. The summed E-state index contributed by atoms with van der Waals surface area (Å²) in [6.45, 7) is 0. The van der Waals surface area contributed by atoms with E-state index in [1.54, 1.807) is 0 Å². The van der Waals surface area contributed by atoms with Gasteiger partial charge in [0.05, 0.1) is 0 Å². The Hall–Kier alpha value is -2.39. The molecule has 138 valence electrons. The van der Waals surface area contributed by atoms with Gasteiger partial charge in [0, 0.05) is 20.6 Å². The number of hydrogen-bond acceptors (Lipinski definition) is 1. The highest BCUT2D eigenvalue weighted by Gasteiger charge is 2.36. The summed E-state index contributed by atoms with van der Waals surface area (Å²) in [5, 5.41) is 12.9. The molecule has 0 aliphatic heterocycles. The third kappa shape index (κ3) is 3.40. The average Bonchev–Trinajstić information content (AvgIpc) is 2.75. The number of rotatable bonds is 4. The van der Waals surface area contributed by atoms with Gasteiger partial charge in [-0.15, -0.1) is 0 Å². The van der Waals surface area contributed by atoms with Crippen LogP contribution >= 0.6 is 27.5 Å². The van der Waals surface area contributed by atoms with Gasteiger partial charge in [-0.2, -0.15) is 0 Å². The van der Waals surface area contributed by atoms with E-state index in [0.717, 1.165) is 32.3 Å². The Bertz CT molecular complexity index is 1050. The maximum absolute atomic E-state index is 12.2. The molecule has 3 heteroatoms. The van der Waals surface area contributed by atoms with Crippen LogP contribution in [0.5, 0.6) is 0 Å². The van der Waals surface area contributed by atoms with Crippen LogP contribution in [0.2, 0.25) is 5.02 Å². The Kier molecular flexibility index (Phi) is 5.36. The molecular formula is C25H18BrClO. The summed E-state index contributed by atoms with van der Waals surface area (Å²) < 4.78 is 0.892. The number of aliphatic hydroxyl groups is 1. The Labute approximate surface area is 178 Å². The zero-order chi connectivity index (χ0) is 19.6. The molecule has 4 aromatic rings. The van der Waals surface area contributed by atoms with E-state index in [9.17, 15) is 5.11 Å². The minimum Gasteiger partial charge on any atom is -0.376 e. The predicted octanol–water partition coefficient (Wildman–Crippen LogP) is 7.05. The molecule has 0 heterocycles. The summed E-state index contributed by atoms with van der Waals surface area (Å²) in [7, 11) is 0. The topological polar surface area (TPSA) is 20.2 Å². The number of hydrogen-bond donors (Lipinski definition) is 1. The maximum atomic E-state index is 12.2. The molecule has 1 nitrogen and oxygen atoms in total. The molecule has 4 rings (SSSR count). The monoisotopic (exact) mass is 448 g/mol. The van der Waals surface area contributed by atoms with Crippen LogP contribution in [0.25, 0.3) is 11.1 Å². The minimum atomic E-state index is -1.33. The van der Waals surface area contributed by atoms with Gasteiger partial charge in [0.1, 0.15) is 5.60 Å². The largest absolute Gasteiger partial charge is 0.376 e. The van der Waals surface area contributed by atoms with E-state index in [0.29, 0.717) is 5.02 Å². The van der Waals surface area contributed by atoms with Crippen molar-refractivity contribution < 1.29 is 5.11 Å². The molecule has 0 unspecified atom stereocenters. The second-order valence-electron chi connectivity index (χ2n) is 6.61. The third-order valence-electron chi connectivity index (χ3n) is 4.92. The second kappa shape index (κ2) is 7.92. The molecule has 0 fully saturated rings. The van der Waals surface area contributed by atoms with Crippen molar-refractivity contribution in [2.45, 2.75) is 5.60 Å². The molecule has 0 radical (unpaired) electrons. The zero-order valence-electron chi connectivity index (χ0n) is 15.0. The number of benzene rings is 4. The summed E-state index contributed by atoms with van der Waals surface area (Å²) >= 11 is 10.1. The van der Waals surface area contributed by atoms with Gasteiger partial charge in [-0.3, -0.25) is 0 Å². The standard InChI is InChI=1S/C25H18BrClO/c26-20-15-16-21(22-13-7-8-14-24(22)27)23(17-20)25(28,18-9-3-1-4-10-18)19-11-5-2-6-12-19/h1-17,28H. The van der Waals surface area contributed by atoms with Crippen molar-refractivity contribution in [3.63, 3.8) is 0 Å². The minimum absolute atomic E-state index is 0.648. The highest BCUT2D eigenvalue weighted by atomic mass is 79.9. The molecule has 4 aromatic carbocycles. The van der Waals surface area contributed by atoms with Crippen LogP contribution in [-0.4, -0.2) is 5.11 Å². The SMILES string of the molecule is OC(c1ccccc1)(c1ccccc1)c1cc(Br)ccc1-c1ccccc1Cl. The van der Waals surface area contributed by atoms with Crippen molar-refractivity contribution in [2.75, 3.05) is 0 Å². The smallest absolute Gasteiger partial charge is 0.141 e. The third-order valence-corrected chi connectivity index (χ3v) is 5.74. The normalized spacial score (nSPS) is 11.4. The first kappa shape index (κ1) is 18.9. The summed E-state index contributed by atoms with van der Waals surface area (Å²) in [4.78, 5) is 0. The Morgan fingerprint density at radius 3 is 1.75 bits per heavy atom. The molecule has 0 saturated heterocycles. The van der Waals surface area contributed by atoms with Crippen LogP contribution in [0.1, 0.15) is 16.7 Å². The van der Waals surface area contributed by atoms with Crippen LogP contribution in [0.4, 0.5) is 0 Å². The molecule has 0 amide bonds. The summed E-state index contributed by atoms with van der Waals surface area (Å²) in [5.74, 6) is 0. The van der Waals surface area contributed by atoms with Crippen molar-refractivity contribution in [3.8, 4) is 11.1 Å². The fourth-order valence-corrected chi connectivity index (χ4v) is 4.17. The van der Waals surface area contributed by atoms with Gasteiger partial charge in [0.2, 0.25) is 0 Å². The predicted molar refractivity (Wildman–Crippen MR) is 120 cm³/mol. The van der Waals surface area contributed by atoms with Crippen molar-refractivity contribution in [1.29, 1.82) is 0 Å². The Balaban J connectivity index is 2.06. The highest BCUT2D eigenvalue weighted by Crippen LogP contribution is 2.43. The van der Waals surface area contributed by atoms with Crippen molar-refractivity contribution in [1.82, 2.24) is 0 Å². The molecule has 0 aliphatic rings. The van der Waals surface area contributed by atoms with E-state index in [4.69, 9.17) is 11.6 Å². The van der Waals surface area contributed by atoms with Gasteiger partial charge in [-0.25, -0.2) is 0 Å². The number of halogens is 2. The lowest BCUT2D eigenvalue weighted by Gasteiger charge is -2.32. The molecule has 28 heavy (non-hydrogen) atoms. The fraction of sp³-hybridized carbons (Fsp3) is 0.0400. The summed E-state index contributed by atoms with van der Waals surface area (Å²) in [6.07, 6.45) is 0. The van der Waals surface area contributed by atoms with Crippen LogP contribution in [0, 0.1) is 0 Å². The summed E-state index contributed by atoms with van der Waals surface area (Å²) in [5.41, 5.74) is 2.81. The van der Waals surface area contributed by atoms with E-state index in [2.05, 4.69) is 15.9 Å². The van der Waals surface area contributed by atoms with E-state index in [-0.39, 0.29) is 0 Å². The highest BCUT2D eigenvalue weighted by molar-refractivity contribution is 9.10. The van der Waals surface area contributed by atoms with E-state index in [1.165, 1.54) is 0 Å². The van der Waals surface area contributed by atoms with Gasteiger partial charge in [-0.05, 0) is 34.9 Å². The lowest BCUT2D eigenvalue weighted by atomic mass is 9.77. The van der Waals surface area contributed by atoms with E-state index < -0.39 is 5.60 Å². The van der Waals surface area contributed by atoms with Crippen molar-refractivity contribution >= 4 is 27.5 Å². The molecule has 0 aromatic heterocycles. The molecule has 1 N–H and O–H groups in total. The van der Waals surface area contributed by atoms with Gasteiger partial charge < -0.3 is 5.11 Å². The quantitative estimate of drug-likeness (QED) is 0.331. The lowest BCUT2D eigenvalue weighted by molar-refractivity contribution is 0.126. The van der Waals surface area contributed by atoms with E-state index >= 15 is 0 Å². The Morgan fingerprint density at radius 2 is 1.18 bits per heavy atom. The molecule has 0 atom stereocenters. The first-order chi connectivity index (χ1) is 13.6. The van der Waals surface area contributed by atoms with Crippen LogP contribution in [0.3, 0.4) is 0 Å². The van der Waals surface area contributed by atoms with Crippen LogP contribution in [-0.2, 0) is 5.60 Å². The lowest BCUT2D eigenvalue weighted by Crippen LogP contribution is -2.29. The molecule has 0 spiro atoms. The zero-order valence-corrected chi connectivity index (χ0v) is 17.4. The van der Waals surface area contributed by atoms with Gasteiger partial charge in [-0.1, -0.05) is 112 Å². The van der Waals surface area contributed by atoms with Gasteiger partial charge in [0.15, 0.2) is 0 Å². The van der Waals surface area contributed by atoms with Gasteiger partial charge in [0.25, 0.3) is 0 Å². The fourth-order valence-electron chi connectivity index (χ4n) is 3.57. The molecule has 0 bridgehead atoms. The van der Waals surface area contributed by atoms with E-state index in [1.807, 2.05) is 103 Å².